The van der Waals surface area contributed by atoms with Crippen LogP contribution in [0.25, 0.3) is 10.6 Å². The highest BCUT2D eigenvalue weighted by Crippen LogP contribution is 2.34. The fourth-order valence-corrected chi connectivity index (χ4v) is 4.97. The van der Waals surface area contributed by atoms with Crippen molar-refractivity contribution in [2.75, 3.05) is 13.1 Å². The number of hydrogen-bond acceptors (Lipinski definition) is 5. The first-order valence-corrected chi connectivity index (χ1v) is 11.5. The van der Waals surface area contributed by atoms with Crippen molar-refractivity contribution in [2.45, 2.75) is 45.4 Å². The SMILES string of the molecule is CC(=O)NC1(C)CCN(Cc2cnc(-c3ccccc3OCc3ccccc3)s2)CC1. The van der Waals surface area contributed by atoms with Crippen LogP contribution < -0.4 is 10.1 Å². The number of carbonyl (C=O) groups excluding carboxylic acids is 1. The first kappa shape index (κ1) is 21.5. The topological polar surface area (TPSA) is 54.5 Å². The number of likely N-dealkylation sites (tertiary alicyclic amines) is 1. The van der Waals surface area contributed by atoms with E-state index in [4.69, 9.17) is 9.72 Å². The number of ether oxygens (including phenoxy) is 1. The summed E-state index contributed by atoms with van der Waals surface area (Å²) in [6, 6.07) is 18.3. The number of para-hydroxylation sites is 1. The highest BCUT2D eigenvalue weighted by Gasteiger charge is 2.30. The van der Waals surface area contributed by atoms with Crippen molar-refractivity contribution in [2.24, 2.45) is 0 Å². The molecule has 1 aromatic heterocycles. The van der Waals surface area contributed by atoms with Gasteiger partial charge in [0.1, 0.15) is 17.4 Å². The van der Waals surface area contributed by atoms with E-state index in [0.29, 0.717) is 6.61 Å². The van der Waals surface area contributed by atoms with Crippen molar-refractivity contribution in [3.05, 3.63) is 71.2 Å². The average molecular weight is 436 g/mol. The van der Waals surface area contributed by atoms with Crippen LogP contribution in [0.5, 0.6) is 5.75 Å². The van der Waals surface area contributed by atoms with Gasteiger partial charge in [-0.25, -0.2) is 4.98 Å². The molecule has 1 aliphatic heterocycles. The first-order chi connectivity index (χ1) is 15.0. The summed E-state index contributed by atoms with van der Waals surface area (Å²) in [6.45, 7) is 7.11. The molecule has 0 aliphatic carbocycles. The summed E-state index contributed by atoms with van der Waals surface area (Å²) in [5.41, 5.74) is 2.09. The number of nitrogens with one attached hydrogen (secondary N) is 1. The van der Waals surface area contributed by atoms with Gasteiger partial charge in [0.25, 0.3) is 0 Å². The summed E-state index contributed by atoms with van der Waals surface area (Å²) in [5.74, 6) is 0.910. The van der Waals surface area contributed by atoms with E-state index in [0.717, 1.165) is 54.4 Å². The number of hydrogen-bond donors (Lipinski definition) is 1. The summed E-state index contributed by atoms with van der Waals surface area (Å²) in [4.78, 5) is 19.8. The smallest absolute Gasteiger partial charge is 0.217 e. The van der Waals surface area contributed by atoms with Crippen molar-refractivity contribution in [1.29, 1.82) is 0 Å². The fraction of sp³-hybridized carbons (Fsp3) is 0.360. The summed E-state index contributed by atoms with van der Waals surface area (Å²) in [6.07, 6.45) is 3.92. The number of thiazole rings is 1. The van der Waals surface area contributed by atoms with Gasteiger partial charge in [-0.05, 0) is 37.5 Å². The molecule has 0 unspecified atom stereocenters. The number of nitrogens with zero attached hydrogens (tertiary/aromatic N) is 2. The van der Waals surface area contributed by atoms with Gasteiger partial charge in [-0.2, -0.15) is 0 Å². The van der Waals surface area contributed by atoms with E-state index in [1.54, 1.807) is 18.3 Å². The van der Waals surface area contributed by atoms with Crippen molar-refractivity contribution in [3.63, 3.8) is 0 Å². The Kier molecular flexibility index (Phi) is 6.68. The number of rotatable bonds is 7. The lowest BCUT2D eigenvalue weighted by Gasteiger charge is -2.39. The average Bonchev–Trinajstić information content (AvgIpc) is 3.23. The minimum atomic E-state index is -0.0871. The van der Waals surface area contributed by atoms with Crippen LogP contribution in [0, 0.1) is 0 Å². The van der Waals surface area contributed by atoms with Gasteiger partial charge in [0.2, 0.25) is 5.91 Å². The summed E-state index contributed by atoms with van der Waals surface area (Å²) in [7, 11) is 0. The third-order valence-corrected chi connectivity index (χ3v) is 6.74. The molecule has 5 nitrogen and oxygen atoms in total. The predicted molar refractivity (Wildman–Crippen MR) is 125 cm³/mol. The third kappa shape index (κ3) is 5.71. The monoisotopic (exact) mass is 435 g/mol. The molecule has 0 spiro atoms. The second-order valence-electron chi connectivity index (χ2n) is 8.42. The van der Waals surface area contributed by atoms with E-state index < -0.39 is 0 Å². The molecule has 31 heavy (non-hydrogen) atoms. The van der Waals surface area contributed by atoms with Crippen molar-refractivity contribution < 1.29 is 9.53 Å². The molecule has 3 aromatic rings. The summed E-state index contributed by atoms with van der Waals surface area (Å²) < 4.78 is 6.11. The zero-order valence-electron chi connectivity index (χ0n) is 18.1. The number of amides is 1. The van der Waals surface area contributed by atoms with Crippen LogP contribution in [0.4, 0.5) is 0 Å². The molecule has 0 radical (unpaired) electrons. The number of piperidine rings is 1. The van der Waals surface area contributed by atoms with Gasteiger partial charge >= 0.3 is 0 Å². The van der Waals surface area contributed by atoms with Crippen LogP contribution in [-0.2, 0) is 17.9 Å². The molecular formula is C25H29N3O2S. The Bertz CT molecular complexity index is 1010. The van der Waals surface area contributed by atoms with Crippen molar-refractivity contribution in [3.8, 4) is 16.3 Å². The molecule has 0 saturated carbocycles. The van der Waals surface area contributed by atoms with Crippen molar-refractivity contribution >= 4 is 17.2 Å². The Hall–Kier alpha value is -2.70. The van der Waals surface area contributed by atoms with Gasteiger partial charge < -0.3 is 10.1 Å². The molecule has 1 fully saturated rings. The number of carbonyl (C=O) groups is 1. The van der Waals surface area contributed by atoms with E-state index in [9.17, 15) is 4.79 Å². The van der Waals surface area contributed by atoms with Crippen LogP contribution in [0.2, 0.25) is 0 Å². The van der Waals surface area contributed by atoms with Crippen LogP contribution in [-0.4, -0.2) is 34.4 Å². The van der Waals surface area contributed by atoms with Crippen LogP contribution in [0.15, 0.2) is 60.8 Å². The zero-order valence-corrected chi connectivity index (χ0v) is 19.0. The second-order valence-corrected chi connectivity index (χ2v) is 9.54. The first-order valence-electron chi connectivity index (χ1n) is 10.7. The Labute approximate surface area is 188 Å². The zero-order chi connectivity index (χ0) is 21.7. The molecular weight excluding hydrogens is 406 g/mol. The van der Waals surface area contributed by atoms with Gasteiger partial charge in [-0.3, -0.25) is 9.69 Å². The fourth-order valence-electron chi connectivity index (χ4n) is 3.98. The van der Waals surface area contributed by atoms with Gasteiger partial charge in [-0.1, -0.05) is 42.5 Å². The highest BCUT2D eigenvalue weighted by molar-refractivity contribution is 7.15. The minimum absolute atomic E-state index is 0.0520. The van der Waals surface area contributed by atoms with E-state index in [1.807, 2.05) is 42.6 Å². The third-order valence-electron chi connectivity index (χ3n) is 5.73. The predicted octanol–water partition coefficient (Wildman–Crippen LogP) is 4.88. The van der Waals surface area contributed by atoms with E-state index >= 15 is 0 Å². The Morgan fingerprint density at radius 1 is 1.13 bits per heavy atom. The normalized spacial score (nSPS) is 16.1. The summed E-state index contributed by atoms with van der Waals surface area (Å²) >= 11 is 1.72. The standard InChI is InChI=1S/C25H29N3O2S/c1-19(29)27-25(2)12-14-28(15-13-25)17-21-16-26-24(31-21)22-10-6-7-11-23(22)30-18-20-8-4-3-5-9-20/h3-11,16H,12-15,17-18H2,1-2H3,(H,27,29). The molecule has 1 aliphatic rings. The number of benzene rings is 2. The lowest BCUT2D eigenvalue weighted by atomic mass is 9.89. The second kappa shape index (κ2) is 9.62. The molecule has 2 heterocycles. The summed E-state index contributed by atoms with van der Waals surface area (Å²) in [5, 5.41) is 4.09. The largest absolute Gasteiger partial charge is 0.488 e. The van der Waals surface area contributed by atoms with Crippen LogP contribution >= 0.6 is 11.3 Å². The van der Waals surface area contributed by atoms with Crippen LogP contribution in [0.1, 0.15) is 37.1 Å². The molecule has 0 bridgehead atoms. The van der Waals surface area contributed by atoms with Crippen LogP contribution in [0.3, 0.4) is 0 Å². The minimum Gasteiger partial charge on any atom is -0.488 e. The molecule has 6 heteroatoms. The molecule has 2 aromatic carbocycles. The molecule has 1 N–H and O–H groups in total. The van der Waals surface area contributed by atoms with Gasteiger partial charge in [0, 0.05) is 43.2 Å². The molecule has 4 rings (SSSR count). The van der Waals surface area contributed by atoms with E-state index in [-0.39, 0.29) is 11.4 Å². The maximum Gasteiger partial charge on any atom is 0.217 e. The lowest BCUT2D eigenvalue weighted by molar-refractivity contribution is -0.121. The van der Waals surface area contributed by atoms with Crippen molar-refractivity contribution in [1.82, 2.24) is 15.2 Å². The van der Waals surface area contributed by atoms with E-state index in [1.165, 1.54) is 4.88 Å². The quantitative estimate of drug-likeness (QED) is 0.575. The van der Waals surface area contributed by atoms with Gasteiger partial charge in [0.15, 0.2) is 0 Å². The number of aromatic nitrogens is 1. The highest BCUT2D eigenvalue weighted by atomic mass is 32.1. The Morgan fingerprint density at radius 2 is 1.84 bits per heavy atom. The maximum absolute atomic E-state index is 11.4. The molecule has 1 amide bonds. The maximum atomic E-state index is 11.4. The Balaban J connectivity index is 1.39. The molecule has 0 atom stereocenters. The lowest BCUT2D eigenvalue weighted by Crippen LogP contribution is -2.52. The van der Waals surface area contributed by atoms with E-state index in [2.05, 4.69) is 35.3 Å². The molecule has 162 valence electrons. The van der Waals surface area contributed by atoms with Gasteiger partial charge in [-0.15, -0.1) is 11.3 Å². The van der Waals surface area contributed by atoms with Gasteiger partial charge in [0.05, 0.1) is 5.56 Å². The Morgan fingerprint density at radius 3 is 2.58 bits per heavy atom. The molecule has 1 saturated heterocycles.